The Morgan fingerprint density at radius 3 is 2.20 bits per heavy atom. The molecule has 0 saturated heterocycles. The summed E-state index contributed by atoms with van der Waals surface area (Å²) in [6.07, 6.45) is 18.4. The molecule has 25 heavy (non-hydrogen) atoms. The van der Waals surface area contributed by atoms with Crippen LogP contribution in [-0.4, -0.2) is 12.1 Å². The van der Waals surface area contributed by atoms with Crippen molar-refractivity contribution in [3.8, 4) is 0 Å². The normalized spacial score (nSPS) is 39.1. The van der Waals surface area contributed by atoms with Crippen molar-refractivity contribution < 1.29 is 9.53 Å². The van der Waals surface area contributed by atoms with Gasteiger partial charge in [-0.3, -0.25) is 4.79 Å². The largest absolute Gasteiger partial charge is 0.462 e. The highest BCUT2D eigenvalue weighted by molar-refractivity contribution is 5.73. The van der Waals surface area contributed by atoms with Crippen molar-refractivity contribution in [1.82, 2.24) is 0 Å². The van der Waals surface area contributed by atoms with Gasteiger partial charge in [0.25, 0.3) is 0 Å². The van der Waals surface area contributed by atoms with Crippen molar-refractivity contribution in [2.24, 2.45) is 29.6 Å². The van der Waals surface area contributed by atoms with E-state index in [0.717, 1.165) is 49.4 Å². The Kier molecular flexibility index (Phi) is 7.01. The zero-order chi connectivity index (χ0) is 17.6. The highest BCUT2D eigenvalue weighted by Gasteiger charge is 2.34. The minimum absolute atomic E-state index is 0.119. The van der Waals surface area contributed by atoms with Crippen LogP contribution in [0.5, 0.6) is 0 Å². The maximum Gasteiger partial charge on any atom is 0.309 e. The molecule has 0 heterocycles. The number of ether oxygens (including phenoxy) is 1. The Hall–Kier alpha value is -0.790. The van der Waals surface area contributed by atoms with Crippen LogP contribution in [-0.2, 0) is 9.53 Å². The van der Waals surface area contributed by atoms with Gasteiger partial charge in [-0.05, 0) is 94.3 Å². The summed E-state index contributed by atoms with van der Waals surface area (Å²) in [5.74, 6) is 3.64. The van der Waals surface area contributed by atoms with E-state index < -0.39 is 0 Å². The monoisotopic (exact) mass is 346 g/mol. The molecule has 0 aromatic heterocycles. The Labute approximate surface area is 154 Å². The number of esters is 1. The third-order valence-corrected chi connectivity index (χ3v) is 7.39. The molecule has 2 atom stereocenters. The van der Waals surface area contributed by atoms with E-state index in [1.165, 1.54) is 57.8 Å². The summed E-state index contributed by atoms with van der Waals surface area (Å²) in [6, 6.07) is 0. The Morgan fingerprint density at radius 2 is 1.60 bits per heavy atom. The van der Waals surface area contributed by atoms with Crippen molar-refractivity contribution in [2.75, 3.05) is 0 Å². The van der Waals surface area contributed by atoms with Gasteiger partial charge < -0.3 is 4.74 Å². The first-order valence-electron chi connectivity index (χ1n) is 11.0. The molecular formula is C23H38O2. The molecule has 142 valence electrons. The van der Waals surface area contributed by atoms with Crippen LogP contribution in [0.3, 0.4) is 0 Å². The first kappa shape index (κ1) is 19.0. The van der Waals surface area contributed by atoms with Gasteiger partial charge in [0.15, 0.2) is 0 Å². The van der Waals surface area contributed by atoms with Gasteiger partial charge >= 0.3 is 5.97 Å². The average Bonchev–Trinajstić information content (AvgIpc) is 3.12. The standard InChI is InChI=1S/C23H38O2/c1-3-5-18-8-11-21(16-18)23(24)25-22-14-12-20(13-15-22)19-9-6-17(4-2)7-10-19/h4,17-22H,2-3,5-16H2,1H3. The van der Waals surface area contributed by atoms with E-state index in [2.05, 4.69) is 19.6 Å². The average molecular weight is 347 g/mol. The molecule has 0 bridgehead atoms. The molecule has 2 nitrogen and oxygen atoms in total. The summed E-state index contributed by atoms with van der Waals surface area (Å²) in [5, 5.41) is 0. The van der Waals surface area contributed by atoms with Gasteiger partial charge in [0.05, 0.1) is 5.92 Å². The van der Waals surface area contributed by atoms with Crippen molar-refractivity contribution in [2.45, 2.75) is 96.5 Å². The third-order valence-electron chi connectivity index (χ3n) is 7.39. The summed E-state index contributed by atoms with van der Waals surface area (Å²) < 4.78 is 5.92. The van der Waals surface area contributed by atoms with Crippen LogP contribution >= 0.6 is 0 Å². The number of allylic oxidation sites excluding steroid dienone is 1. The fraction of sp³-hybridized carbons (Fsp3) is 0.870. The van der Waals surface area contributed by atoms with Crippen LogP contribution in [0.2, 0.25) is 0 Å². The van der Waals surface area contributed by atoms with E-state index in [1.807, 2.05) is 0 Å². The van der Waals surface area contributed by atoms with Crippen molar-refractivity contribution in [3.05, 3.63) is 12.7 Å². The summed E-state index contributed by atoms with van der Waals surface area (Å²) in [6.45, 7) is 6.20. The predicted molar refractivity (Wildman–Crippen MR) is 103 cm³/mol. The van der Waals surface area contributed by atoms with E-state index in [4.69, 9.17) is 4.74 Å². The highest BCUT2D eigenvalue weighted by Crippen LogP contribution is 2.41. The van der Waals surface area contributed by atoms with Crippen LogP contribution in [0.15, 0.2) is 12.7 Å². The minimum atomic E-state index is 0.119. The molecule has 0 aliphatic heterocycles. The molecule has 3 aliphatic rings. The van der Waals surface area contributed by atoms with Gasteiger partial charge in [0.1, 0.15) is 6.10 Å². The predicted octanol–water partition coefficient (Wildman–Crippen LogP) is 6.30. The fourth-order valence-electron chi connectivity index (χ4n) is 5.75. The van der Waals surface area contributed by atoms with Gasteiger partial charge in [-0.15, -0.1) is 6.58 Å². The van der Waals surface area contributed by atoms with Gasteiger partial charge in [-0.1, -0.05) is 25.8 Å². The molecule has 3 rings (SSSR count). The van der Waals surface area contributed by atoms with Crippen LogP contribution in [0.4, 0.5) is 0 Å². The maximum atomic E-state index is 12.5. The smallest absolute Gasteiger partial charge is 0.309 e. The summed E-state index contributed by atoms with van der Waals surface area (Å²) >= 11 is 0. The lowest BCUT2D eigenvalue weighted by Crippen LogP contribution is -2.31. The van der Waals surface area contributed by atoms with E-state index in [9.17, 15) is 4.79 Å². The minimum Gasteiger partial charge on any atom is -0.462 e. The second-order valence-electron chi connectivity index (χ2n) is 9.05. The first-order valence-corrected chi connectivity index (χ1v) is 11.0. The molecule has 3 saturated carbocycles. The third kappa shape index (κ3) is 5.11. The van der Waals surface area contributed by atoms with E-state index in [1.54, 1.807) is 0 Å². The fourth-order valence-corrected chi connectivity index (χ4v) is 5.75. The maximum absolute atomic E-state index is 12.5. The van der Waals surface area contributed by atoms with Crippen molar-refractivity contribution >= 4 is 5.97 Å². The quantitative estimate of drug-likeness (QED) is 0.417. The first-order chi connectivity index (χ1) is 12.2. The zero-order valence-electron chi connectivity index (χ0n) is 16.3. The van der Waals surface area contributed by atoms with Crippen LogP contribution in [0.1, 0.15) is 90.4 Å². The number of carbonyl (C=O) groups excluding carboxylic acids is 1. The van der Waals surface area contributed by atoms with Crippen LogP contribution < -0.4 is 0 Å². The second-order valence-corrected chi connectivity index (χ2v) is 9.05. The lowest BCUT2D eigenvalue weighted by Gasteiger charge is -2.37. The molecule has 0 N–H and O–H groups in total. The number of carbonyl (C=O) groups is 1. The summed E-state index contributed by atoms with van der Waals surface area (Å²) in [4.78, 5) is 12.5. The number of hydrogen-bond acceptors (Lipinski definition) is 2. The van der Waals surface area contributed by atoms with Crippen LogP contribution in [0, 0.1) is 29.6 Å². The van der Waals surface area contributed by atoms with E-state index in [-0.39, 0.29) is 18.0 Å². The molecule has 0 radical (unpaired) electrons. The molecule has 2 heteroatoms. The van der Waals surface area contributed by atoms with Crippen LogP contribution in [0.25, 0.3) is 0 Å². The second kappa shape index (κ2) is 9.24. The molecule has 0 amide bonds. The number of hydrogen-bond donors (Lipinski definition) is 0. The van der Waals surface area contributed by atoms with E-state index in [0.29, 0.717) is 0 Å². The van der Waals surface area contributed by atoms with Gasteiger partial charge in [-0.25, -0.2) is 0 Å². The Morgan fingerprint density at radius 1 is 0.960 bits per heavy atom. The molecule has 0 aromatic carbocycles. The Bertz CT molecular complexity index is 427. The van der Waals surface area contributed by atoms with Gasteiger partial charge in [0, 0.05) is 0 Å². The molecule has 0 spiro atoms. The van der Waals surface area contributed by atoms with Crippen molar-refractivity contribution in [3.63, 3.8) is 0 Å². The van der Waals surface area contributed by atoms with Gasteiger partial charge in [-0.2, -0.15) is 0 Å². The Balaban J connectivity index is 1.36. The lowest BCUT2D eigenvalue weighted by atomic mass is 9.70. The molecule has 2 unspecified atom stereocenters. The topological polar surface area (TPSA) is 26.3 Å². The SMILES string of the molecule is C=CC1CCC(C2CCC(OC(=O)C3CCC(CCC)C3)CC2)CC1. The molecule has 0 aromatic rings. The molecular weight excluding hydrogens is 308 g/mol. The van der Waals surface area contributed by atoms with E-state index >= 15 is 0 Å². The molecule has 3 aliphatic carbocycles. The highest BCUT2D eigenvalue weighted by atomic mass is 16.5. The lowest BCUT2D eigenvalue weighted by molar-refractivity contribution is -0.156. The summed E-state index contributed by atoms with van der Waals surface area (Å²) in [5.41, 5.74) is 0. The zero-order valence-corrected chi connectivity index (χ0v) is 16.3. The van der Waals surface area contributed by atoms with Crippen molar-refractivity contribution in [1.29, 1.82) is 0 Å². The summed E-state index contributed by atoms with van der Waals surface area (Å²) in [7, 11) is 0. The molecule has 3 fully saturated rings. The van der Waals surface area contributed by atoms with Gasteiger partial charge in [0.2, 0.25) is 0 Å². The number of rotatable bonds is 6.